The molecule has 0 saturated heterocycles. The van der Waals surface area contributed by atoms with Gasteiger partial charge in [-0.25, -0.2) is 9.59 Å². The molecule has 0 radical (unpaired) electrons. The second kappa shape index (κ2) is 8.42. The van der Waals surface area contributed by atoms with Crippen LogP contribution in [-0.2, 0) is 28.6 Å². The van der Waals surface area contributed by atoms with Gasteiger partial charge in [-0.1, -0.05) is 6.07 Å². The van der Waals surface area contributed by atoms with Gasteiger partial charge in [-0.05, 0) is 23.8 Å². The number of rotatable bonds is 6. The van der Waals surface area contributed by atoms with Crippen molar-refractivity contribution in [3.63, 3.8) is 0 Å². The largest absolute Gasteiger partial charge is 0.504 e. The molecule has 1 rings (SSSR count). The molecule has 8 heteroatoms. The quantitative estimate of drug-likeness (QED) is 0.341. The number of carbonyl (C=O) groups excluding carboxylic acids is 3. The highest BCUT2D eigenvalue weighted by Gasteiger charge is 2.26. The van der Waals surface area contributed by atoms with Crippen LogP contribution < -0.4 is 0 Å². The summed E-state index contributed by atoms with van der Waals surface area (Å²) in [4.78, 5) is 34.3. The van der Waals surface area contributed by atoms with Crippen LogP contribution in [0.15, 0.2) is 24.3 Å². The molecule has 0 fully saturated rings. The number of ether oxygens (including phenoxy) is 3. The second-order valence-corrected chi connectivity index (χ2v) is 4.31. The fraction of sp³-hybridized carbons (Fsp3) is 0.267. The zero-order valence-electron chi connectivity index (χ0n) is 12.5. The Morgan fingerprint density at radius 1 is 1.13 bits per heavy atom. The Kier molecular flexibility index (Phi) is 6.60. The molecule has 0 aromatic heterocycles. The molecule has 1 aromatic rings. The summed E-state index contributed by atoms with van der Waals surface area (Å²) in [5.74, 6) is -3.16. The van der Waals surface area contributed by atoms with Gasteiger partial charge in [0.25, 0.3) is 0 Å². The first-order chi connectivity index (χ1) is 10.9. The number of methoxy groups -OCH3 is 2. The molecule has 0 aliphatic heterocycles. The Balaban J connectivity index is 2.74. The SMILES string of the molecule is COC(=O)CC(OC(=O)C=Cc1ccc(O)c(O)c1)C(=O)OC. The Morgan fingerprint density at radius 3 is 2.39 bits per heavy atom. The zero-order chi connectivity index (χ0) is 17.4. The van der Waals surface area contributed by atoms with Crippen LogP contribution in [-0.4, -0.2) is 48.4 Å². The van der Waals surface area contributed by atoms with Crippen LogP contribution in [0.5, 0.6) is 11.5 Å². The standard InChI is InChI=1S/C15H16O8/c1-21-14(19)8-12(15(20)22-2)23-13(18)6-4-9-3-5-10(16)11(17)7-9/h3-7,12,16-17H,8H2,1-2H3. The number of hydrogen-bond acceptors (Lipinski definition) is 8. The van der Waals surface area contributed by atoms with Gasteiger partial charge in [-0.3, -0.25) is 4.79 Å². The van der Waals surface area contributed by atoms with Gasteiger partial charge >= 0.3 is 17.9 Å². The molecule has 0 aliphatic carbocycles. The maximum absolute atomic E-state index is 11.7. The smallest absolute Gasteiger partial charge is 0.347 e. The van der Waals surface area contributed by atoms with E-state index in [0.717, 1.165) is 20.3 Å². The monoisotopic (exact) mass is 324 g/mol. The molecule has 2 N–H and O–H groups in total. The van der Waals surface area contributed by atoms with Gasteiger partial charge in [0.2, 0.25) is 6.10 Å². The van der Waals surface area contributed by atoms with Crippen molar-refractivity contribution < 1.29 is 38.8 Å². The molecular weight excluding hydrogens is 308 g/mol. The van der Waals surface area contributed by atoms with E-state index >= 15 is 0 Å². The number of phenolic OH excluding ortho intramolecular Hbond substituents is 2. The second-order valence-electron chi connectivity index (χ2n) is 4.31. The highest BCUT2D eigenvalue weighted by atomic mass is 16.6. The summed E-state index contributed by atoms with van der Waals surface area (Å²) in [5.41, 5.74) is 0.417. The highest BCUT2D eigenvalue weighted by Crippen LogP contribution is 2.25. The van der Waals surface area contributed by atoms with Crippen LogP contribution in [0.25, 0.3) is 6.08 Å². The molecule has 8 nitrogen and oxygen atoms in total. The van der Waals surface area contributed by atoms with Gasteiger partial charge in [-0.15, -0.1) is 0 Å². The lowest BCUT2D eigenvalue weighted by molar-refractivity contribution is -0.167. The fourth-order valence-electron chi connectivity index (χ4n) is 1.53. The van der Waals surface area contributed by atoms with E-state index in [1.165, 1.54) is 24.3 Å². The molecule has 0 bridgehead atoms. The third kappa shape index (κ3) is 5.70. The zero-order valence-corrected chi connectivity index (χ0v) is 12.5. The van der Waals surface area contributed by atoms with Gasteiger partial charge in [-0.2, -0.15) is 0 Å². The van der Waals surface area contributed by atoms with E-state index in [1.54, 1.807) is 0 Å². The maximum atomic E-state index is 11.7. The van der Waals surface area contributed by atoms with E-state index in [9.17, 15) is 24.6 Å². The Morgan fingerprint density at radius 2 is 1.83 bits per heavy atom. The third-order valence-electron chi connectivity index (χ3n) is 2.71. The van der Waals surface area contributed by atoms with Gasteiger partial charge in [0.1, 0.15) is 0 Å². The van der Waals surface area contributed by atoms with Crippen molar-refractivity contribution in [2.75, 3.05) is 14.2 Å². The summed E-state index contributed by atoms with van der Waals surface area (Å²) < 4.78 is 13.7. The van der Waals surface area contributed by atoms with Crippen LogP contribution in [0.1, 0.15) is 12.0 Å². The molecule has 23 heavy (non-hydrogen) atoms. The Hall–Kier alpha value is -3.03. The average molecular weight is 324 g/mol. The molecule has 124 valence electrons. The van der Waals surface area contributed by atoms with E-state index < -0.39 is 30.4 Å². The van der Waals surface area contributed by atoms with E-state index in [-0.39, 0.29) is 11.5 Å². The Bertz CT molecular complexity index is 620. The Labute approximate surface area is 131 Å². The number of benzene rings is 1. The minimum absolute atomic E-state index is 0.298. The molecule has 0 heterocycles. The molecule has 0 saturated carbocycles. The lowest BCUT2D eigenvalue weighted by Crippen LogP contribution is -2.30. The first-order valence-electron chi connectivity index (χ1n) is 6.42. The lowest BCUT2D eigenvalue weighted by atomic mass is 10.2. The summed E-state index contributed by atoms with van der Waals surface area (Å²) in [6.45, 7) is 0. The number of phenols is 2. The fourth-order valence-corrected chi connectivity index (χ4v) is 1.53. The highest BCUT2D eigenvalue weighted by molar-refractivity contribution is 5.90. The molecule has 0 aliphatic rings. The first kappa shape index (κ1) is 18.0. The van der Waals surface area contributed by atoms with Crippen LogP contribution in [0.3, 0.4) is 0 Å². The third-order valence-corrected chi connectivity index (χ3v) is 2.71. The number of carbonyl (C=O) groups is 3. The van der Waals surface area contributed by atoms with Gasteiger partial charge < -0.3 is 24.4 Å². The topological polar surface area (TPSA) is 119 Å². The normalized spacial score (nSPS) is 11.7. The maximum Gasteiger partial charge on any atom is 0.347 e. The van der Waals surface area contributed by atoms with Crippen LogP contribution in [0, 0.1) is 0 Å². The van der Waals surface area contributed by atoms with Crippen molar-refractivity contribution in [2.24, 2.45) is 0 Å². The van der Waals surface area contributed by atoms with Crippen molar-refractivity contribution in [1.82, 2.24) is 0 Å². The summed E-state index contributed by atoms with van der Waals surface area (Å²) in [6.07, 6.45) is 0.410. The summed E-state index contributed by atoms with van der Waals surface area (Å²) in [5, 5.41) is 18.5. The van der Waals surface area contributed by atoms with E-state index in [2.05, 4.69) is 9.47 Å². The molecule has 0 spiro atoms. The van der Waals surface area contributed by atoms with Gasteiger partial charge in [0.05, 0.1) is 20.6 Å². The summed E-state index contributed by atoms with van der Waals surface area (Å²) in [7, 11) is 2.23. The molecule has 1 unspecified atom stereocenters. The predicted octanol–water partition coefficient (Wildman–Crippen LogP) is 0.759. The number of esters is 3. The average Bonchev–Trinajstić information content (AvgIpc) is 2.54. The molecule has 1 aromatic carbocycles. The summed E-state index contributed by atoms with van der Waals surface area (Å²) in [6, 6.07) is 3.92. The van der Waals surface area contributed by atoms with Crippen molar-refractivity contribution in [1.29, 1.82) is 0 Å². The molecule has 0 amide bonds. The van der Waals surface area contributed by atoms with Crippen LogP contribution in [0.4, 0.5) is 0 Å². The minimum Gasteiger partial charge on any atom is -0.504 e. The first-order valence-corrected chi connectivity index (χ1v) is 6.42. The van der Waals surface area contributed by atoms with Crippen molar-refractivity contribution in [3.05, 3.63) is 29.8 Å². The van der Waals surface area contributed by atoms with Gasteiger partial charge in [0, 0.05) is 6.08 Å². The minimum atomic E-state index is -1.42. The number of hydrogen-bond donors (Lipinski definition) is 2. The number of aromatic hydroxyl groups is 2. The van der Waals surface area contributed by atoms with E-state index in [1.807, 2.05) is 0 Å². The van der Waals surface area contributed by atoms with E-state index in [0.29, 0.717) is 5.56 Å². The summed E-state index contributed by atoms with van der Waals surface area (Å²) >= 11 is 0. The van der Waals surface area contributed by atoms with Crippen LogP contribution >= 0.6 is 0 Å². The van der Waals surface area contributed by atoms with Crippen molar-refractivity contribution >= 4 is 24.0 Å². The van der Waals surface area contributed by atoms with Crippen molar-refractivity contribution in [2.45, 2.75) is 12.5 Å². The van der Waals surface area contributed by atoms with Crippen LogP contribution in [0.2, 0.25) is 0 Å². The lowest BCUT2D eigenvalue weighted by Gasteiger charge is -2.13. The molecular formula is C15H16O8. The molecule has 1 atom stereocenters. The van der Waals surface area contributed by atoms with E-state index in [4.69, 9.17) is 4.74 Å². The predicted molar refractivity (Wildman–Crippen MR) is 77.3 cm³/mol. The van der Waals surface area contributed by atoms with Crippen molar-refractivity contribution in [3.8, 4) is 11.5 Å². The van der Waals surface area contributed by atoms with Gasteiger partial charge in [0.15, 0.2) is 11.5 Å².